The molecule has 0 amide bonds. The highest BCUT2D eigenvalue weighted by Crippen LogP contribution is 2.52. The first-order valence-electron chi connectivity index (χ1n) is 6.44. The van der Waals surface area contributed by atoms with Gasteiger partial charge in [-0.25, -0.2) is 0 Å². The van der Waals surface area contributed by atoms with Gasteiger partial charge in [-0.3, -0.25) is 4.79 Å². The molecule has 1 aliphatic rings. The van der Waals surface area contributed by atoms with Crippen LogP contribution in [-0.4, -0.2) is 12.1 Å². The molecule has 1 aromatic rings. The zero-order chi connectivity index (χ0) is 16.8. The highest BCUT2D eigenvalue weighted by molar-refractivity contribution is 14.1. The molecule has 0 aromatic heterocycles. The van der Waals surface area contributed by atoms with Gasteiger partial charge >= 0.3 is 17.8 Å². The van der Waals surface area contributed by atoms with Crippen LogP contribution in [0.1, 0.15) is 31.9 Å². The monoisotopic (exact) mass is 426 g/mol. The van der Waals surface area contributed by atoms with Gasteiger partial charge in [-0.15, -0.1) is 10.2 Å². The lowest BCUT2D eigenvalue weighted by Gasteiger charge is -2.18. The molecule has 0 aliphatic carbocycles. The van der Waals surface area contributed by atoms with Crippen LogP contribution >= 0.6 is 22.6 Å². The van der Waals surface area contributed by atoms with E-state index in [1.54, 1.807) is 20.8 Å². The molecule has 22 heavy (non-hydrogen) atoms. The first-order valence-corrected chi connectivity index (χ1v) is 7.52. The van der Waals surface area contributed by atoms with Crippen LogP contribution in [-0.2, 0) is 21.8 Å². The van der Waals surface area contributed by atoms with Crippen molar-refractivity contribution in [2.24, 2.45) is 15.6 Å². The van der Waals surface area contributed by atoms with Crippen molar-refractivity contribution in [2.75, 3.05) is 0 Å². The summed E-state index contributed by atoms with van der Waals surface area (Å²) in [6, 6.07) is 4.19. The Morgan fingerprint density at radius 2 is 1.86 bits per heavy atom. The predicted molar refractivity (Wildman–Crippen MR) is 81.0 cm³/mol. The molecule has 0 fully saturated rings. The Balaban J connectivity index is 2.13. The van der Waals surface area contributed by atoms with Gasteiger partial charge in [0.05, 0.1) is 5.41 Å². The number of ether oxygens (including phenoxy) is 1. The van der Waals surface area contributed by atoms with E-state index in [0.717, 1.165) is 0 Å². The summed E-state index contributed by atoms with van der Waals surface area (Å²) in [7, 11) is 0. The van der Waals surface area contributed by atoms with Crippen LogP contribution in [0, 0.1) is 8.99 Å². The van der Waals surface area contributed by atoms with Gasteiger partial charge in [0.2, 0.25) is 0 Å². The maximum absolute atomic E-state index is 12.9. The van der Waals surface area contributed by atoms with E-state index in [2.05, 4.69) is 10.2 Å². The number of carbonyl (C=O) groups excluding carboxylic acids is 1. The van der Waals surface area contributed by atoms with Crippen molar-refractivity contribution in [1.82, 2.24) is 0 Å². The third kappa shape index (κ3) is 3.26. The lowest BCUT2D eigenvalue weighted by atomic mass is 9.97. The molecule has 0 N–H and O–H groups in total. The normalized spacial score (nSPS) is 16.5. The molecule has 0 bridgehead atoms. The predicted octanol–water partition coefficient (Wildman–Crippen LogP) is 4.56. The fourth-order valence-electron chi connectivity index (χ4n) is 1.68. The molecule has 0 saturated heterocycles. The smallest absolute Gasteiger partial charge is 0.442 e. The van der Waals surface area contributed by atoms with Crippen molar-refractivity contribution in [3.05, 3.63) is 32.9 Å². The van der Waals surface area contributed by atoms with Crippen molar-refractivity contribution in [3.8, 4) is 0 Å². The van der Waals surface area contributed by atoms with Gasteiger partial charge in [0, 0.05) is 14.7 Å². The highest BCUT2D eigenvalue weighted by Gasteiger charge is 2.65. The van der Waals surface area contributed by atoms with Crippen molar-refractivity contribution in [3.63, 3.8) is 0 Å². The second-order valence-electron chi connectivity index (χ2n) is 6.00. The summed E-state index contributed by atoms with van der Waals surface area (Å²) < 4.78 is 44.6. The standard InChI is InChI=1S/C14H14F3IN2O2/c1-12(2,3)11(21)22-7-8-4-5-9(6-10(8)18)13(19-20-13)14(15,16)17/h4-6H,7H2,1-3H3. The maximum Gasteiger partial charge on any atom is 0.442 e. The van der Waals surface area contributed by atoms with Crippen LogP contribution in [0.15, 0.2) is 28.4 Å². The van der Waals surface area contributed by atoms with E-state index in [-0.39, 0.29) is 18.1 Å². The summed E-state index contributed by atoms with van der Waals surface area (Å²) in [6.07, 6.45) is -4.55. The zero-order valence-electron chi connectivity index (χ0n) is 12.2. The second kappa shape index (κ2) is 5.47. The minimum absolute atomic E-state index is 0.0158. The largest absolute Gasteiger partial charge is 0.460 e. The van der Waals surface area contributed by atoms with Gasteiger partial charge in [0.15, 0.2) is 0 Å². The number of halogens is 4. The molecule has 0 radical (unpaired) electrons. The number of esters is 1. The molecular formula is C14H14F3IN2O2. The molecular weight excluding hydrogens is 412 g/mol. The Bertz CT molecular complexity index is 630. The highest BCUT2D eigenvalue weighted by atomic mass is 127. The van der Waals surface area contributed by atoms with E-state index in [0.29, 0.717) is 9.13 Å². The summed E-state index contributed by atoms with van der Waals surface area (Å²) in [5, 5.41) is 6.33. The van der Waals surface area contributed by atoms with E-state index >= 15 is 0 Å². The van der Waals surface area contributed by atoms with Crippen LogP contribution in [0.25, 0.3) is 0 Å². The third-order valence-corrected chi connectivity index (χ3v) is 4.13. The van der Waals surface area contributed by atoms with Crippen molar-refractivity contribution in [1.29, 1.82) is 0 Å². The Morgan fingerprint density at radius 3 is 2.27 bits per heavy atom. The van der Waals surface area contributed by atoms with Crippen LogP contribution in [0.3, 0.4) is 0 Å². The van der Waals surface area contributed by atoms with Crippen LogP contribution in [0.5, 0.6) is 0 Å². The summed E-state index contributed by atoms with van der Waals surface area (Å²) in [4.78, 5) is 11.7. The van der Waals surface area contributed by atoms with Crippen LogP contribution in [0.4, 0.5) is 13.2 Å². The molecule has 1 aromatic carbocycles. The van der Waals surface area contributed by atoms with Crippen molar-refractivity contribution >= 4 is 28.6 Å². The Labute approximate surface area is 139 Å². The van der Waals surface area contributed by atoms with E-state index in [1.807, 2.05) is 22.6 Å². The molecule has 0 atom stereocenters. The Hall–Kier alpha value is -1.19. The second-order valence-corrected chi connectivity index (χ2v) is 7.16. The average molecular weight is 426 g/mol. The fraction of sp³-hybridized carbons (Fsp3) is 0.500. The molecule has 4 nitrogen and oxygen atoms in total. The Kier molecular flexibility index (Phi) is 4.27. The minimum Gasteiger partial charge on any atom is -0.460 e. The summed E-state index contributed by atoms with van der Waals surface area (Å²) in [6.45, 7) is 5.20. The van der Waals surface area contributed by atoms with Crippen LogP contribution < -0.4 is 0 Å². The minimum atomic E-state index is -4.55. The maximum atomic E-state index is 12.9. The van der Waals surface area contributed by atoms with E-state index in [1.165, 1.54) is 18.2 Å². The van der Waals surface area contributed by atoms with Gasteiger partial charge in [-0.1, -0.05) is 12.1 Å². The number of hydrogen-bond donors (Lipinski definition) is 0. The number of rotatable bonds is 3. The van der Waals surface area contributed by atoms with E-state index in [9.17, 15) is 18.0 Å². The number of hydrogen-bond acceptors (Lipinski definition) is 4. The third-order valence-electron chi connectivity index (χ3n) is 3.12. The number of alkyl halides is 3. The number of nitrogens with zero attached hydrogens (tertiary/aromatic N) is 2. The van der Waals surface area contributed by atoms with Crippen LogP contribution in [0.2, 0.25) is 0 Å². The van der Waals surface area contributed by atoms with Gasteiger partial charge in [-0.05, 0) is 49.4 Å². The Morgan fingerprint density at radius 1 is 1.27 bits per heavy atom. The van der Waals surface area contributed by atoms with Crippen molar-refractivity contribution < 1.29 is 22.7 Å². The topological polar surface area (TPSA) is 51.0 Å². The molecule has 0 spiro atoms. The first kappa shape index (κ1) is 17.2. The zero-order valence-corrected chi connectivity index (χ0v) is 14.3. The lowest BCUT2D eigenvalue weighted by Crippen LogP contribution is -2.30. The average Bonchev–Trinajstić information content (AvgIpc) is 3.16. The van der Waals surface area contributed by atoms with E-state index in [4.69, 9.17) is 4.74 Å². The molecule has 1 aliphatic heterocycles. The first-order chi connectivity index (χ1) is 9.97. The molecule has 120 valence electrons. The quantitative estimate of drug-likeness (QED) is 0.526. The molecule has 8 heteroatoms. The van der Waals surface area contributed by atoms with Gasteiger partial charge in [-0.2, -0.15) is 13.2 Å². The van der Waals surface area contributed by atoms with E-state index < -0.39 is 17.3 Å². The molecule has 2 rings (SSSR count). The number of carbonyl (C=O) groups is 1. The summed E-state index contributed by atoms with van der Waals surface area (Å²) >= 11 is 1.91. The van der Waals surface area contributed by atoms with Gasteiger partial charge < -0.3 is 4.74 Å². The lowest BCUT2D eigenvalue weighted by molar-refractivity contribution is -0.166. The summed E-state index contributed by atoms with van der Waals surface area (Å²) in [5.41, 5.74) is -2.44. The molecule has 0 saturated carbocycles. The number of benzene rings is 1. The molecule has 1 heterocycles. The van der Waals surface area contributed by atoms with Gasteiger partial charge in [0.25, 0.3) is 0 Å². The SMILES string of the molecule is CC(C)(C)C(=O)OCc1ccc(C2(C(F)(F)F)N=N2)cc1I. The summed E-state index contributed by atoms with van der Waals surface area (Å²) in [5.74, 6) is -0.369. The van der Waals surface area contributed by atoms with Crippen molar-refractivity contribution in [2.45, 2.75) is 39.2 Å². The molecule has 0 unspecified atom stereocenters. The van der Waals surface area contributed by atoms with Gasteiger partial charge in [0.1, 0.15) is 6.61 Å². The fourth-order valence-corrected chi connectivity index (χ4v) is 2.35.